The lowest BCUT2D eigenvalue weighted by Gasteiger charge is -2.21. The van der Waals surface area contributed by atoms with Gasteiger partial charge in [-0.15, -0.1) is 0 Å². The van der Waals surface area contributed by atoms with Crippen LogP contribution >= 0.6 is 0 Å². The zero-order valence-corrected chi connectivity index (χ0v) is 12.5. The zero-order chi connectivity index (χ0) is 13.8. The van der Waals surface area contributed by atoms with E-state index in [1.165, 1.54) is 5.56 Å². The van der Waals surface area contributed by atoms with E-state index in [0.717, 1.165) is 24.5 Å². The van der Waals surface area contributed by atoms with Crippen LogP contribution in [-0.4, -0.2) is 32.6 Å². The van der Waals surface area contributed by atoms with E-state index in [1.807, 2.05) is 6.07 Å². The van der Waals surface area contributed by atoms with Gasteiger partial charge in [-0.05, 0) is 37.2 Å². The van der Waals surface area contributed by atoms with E-state index in [2.05, 4.69) is 57.2 Å². The smallest absolute Gasteiger partial charge is 0.141 e. The molecule has 1 rings (SSSR count). The van der Waals surface area contributed by atoms with Crippen LogP contribution in [0.4, 0.5) is 5.69 Å². The zero-order valence-electron chi connectivity index (χ0n) is 12.5. The molecule has 102 valence electrons. The first-order valence-electron chi connectivity index (χ1n) is 6.37. The Kier molecular flexibility index (Phi) is 5.03. The highest BCUT2D eigenvalue weighted by atomic mass is 16.5. The van der Waals surface area contributed by atoms with Gasteiger partial charge in [-0.3, -0.25) is 0 Å². The molecular formula is C15H26N2O. The van der Waals surface area contributed by atoms with Crippen molar-refractivity contribution in [3.63, 3.8) is 0 Å². The molecule has 0 aliphatic carbocycles. The van der Waals surface area contributed by atoms with Gasteiger partial charge in [0.2, 0.25) is 0 Å². The highest BCUT2D eigenvalue weighted by Crippen LogP contribution is 2.27. The SMILES string of the molecule is COc1ccc(CN(C)C)cc1NCC(C)(C)C. The van der Waals surface area contributed by atoms with Crippen molar-refractivity contribution in [2.75, 3.05) is 33.1 Å². The van der Waals surface area contributed by atoms with Gasteiger partial charge >= 0.3 is 0 Å². The second kappa shape index (κ2) is 6.10. The fraction of sp³-hybridized carbons (Fsp3) is 0.600. The molecule has 1 aromatic rings. The average molecular weight is 250 g/mol. The monoisotopic (exact) mass is 250 g/mol. The predicted octanol–water partition coefficient (Wildman–Crippen LogP) is 3.21. The summed E-state index contributed by atoms with van der Waals surface area (Å²) in [6, 6.07) is 6.31. The van der Waals surface area contributed by atoms with Crippen molar-refractivity contribution < 1.29 is 4.74 Å². The van der Waals surface area contributed by atoms with E-state index in [4.69, 9.17) is 4.74 Å². The maximum Gasteiger partial charge on any atom is 0.141 e. The van der Waals surface area contributed by atoms with Crippen LogP contribution in [-0.2, 0) is 6.54 Å². The minimum Gasteiger partial charge on any atom is -0.495 e. The quantitative estimate of drug-likeness (QED) is 0.868. The van der Waals surface area contributed by atoms with Crippen LogP contribution in [0.3, 0.4) is 0 Å². The van der Waals surface area contributed by atoms with E-state index in [1.54, 1.807) is 7.11 Å². The molecule has 0 radical (unpaired) electrons. The van der Waals surface area contributed by atoms with Crippen molar-refractivity contribution in [2.45, 2.75) is 27.3 Å². The Morgan fingerprint density at radius 2 is 1.89 bits per heavy atom. The highest BCUT2D eigenvalue weighted by Gasteiger charge is 2.12. The van der Waals surface area contributed by atoms with Crippen molar-refractivity contribution in [2.24, 2.45) is 5.41 Å². The van der Waals surface area contributed by atoms with Crippen LogP contribution in [0.25, 0.3) is 0 Å². The number of nitrogens with one attached hydrogen (secondary N) is 1. The Bertz CT molecular complexity index is 381. The molecule has 0 aromatic heterocycles. The minimum atomic E-state index is 0.253. The van der Waals surface area contributed by atoms with Crippen LogP contribution in [0.1, 0.15) is 26.3 Å². The summed E-state index contributed by atoms with van der Waals surface area (Å²) in [4.78, 5) is 2.16. The molecule has 0 amide bonds. The predicted molar refractivity (Wildman–Crippen MR) is 78.3 cm³/mol. The first kappa shape index (κ1) is 14.8. The van der Waals surface area contributed by atoms with Crippen molar-refractivity contribution in [1.82, 2.24) is 4.90 Å². The molecule has 18 heavy (non-hydrogen) atoms. The third-order valence-corrected chi connectivity index (χ3v) is 2.57. The summed E-state index contributed by atoms with van der Waals surface area (Å²) in [7, 11) is 5.86. The number of methoxy groups -OCH3 is 1. The first-order chi connectivity index (χ1) is 8.31. The molecule has 0 aliphatic heterocycles. The minimum absolute atomic E-state index is 0.253. The van der Waals surface area contributed by atoms with Gasteiger partial charge in [0.05, 0.1) is 12.8 Å². The molecule has 0 unspecified atom stereocenters. The Morgan fingerprint density at radius 1 is 1.22 bits per heavy atom. The van der Waals surface area contributed by atoms with E-state index in [0.29, 0.717) is 0 Å². The molecule has 0 heterocycles. The van der Waals surface area contributed by atoms with Crippen molar-refractivity contribution in [3.05, 3.63) is 23.8 Å². The van der Waals surface area contributed by atoms with Gasteiger partial charge in [0.25, 0.3) is 0 Å². The summed E-state index contributed by atoms with van der Waals surface area (Å²) >= 11 is 0. The van der Waals surface area contributed by atoms with Gasteiger partial charge in [-0.2, -0.15) is 0 Å². The first-order valence-corrected chi connectivity index (χ1v) is 6.37. The van der Waals surface area contributed by atoms with Gasteiger partial charge in [-0.1, -0.05) is 26.8 Å². The summed E-state index contributed by atoms with van der Waals surface area (Å²) in [5.74, 6) is 0.904. The third-order valence-electron chi connectivity index (χ3n) is 2.57. The lowest BCUT2D eigenvalue weighted by atomic mass is 9.97. The highest BCUT2D eigenvalue weighted by molar-refractivity contribution is 5.58. The molecule has 0 fully saturated rings. The van der Waals surface area contributed by atoms with Crippen LogP contribution in [0, 0.1) is 5.41 Å². The van der Waals surface area contributed by atoms with E-state index >= 15 is 0 Å². The number of hydrogen-bond acceptors (Lipinski definition) is 3. The number of ether oxygens (including phenoxy) is 1. The second-order valence-electron chi connectivity index (χ2n) is 6.19. The third kappa shape index (κ3) is 4.96. The van der Waals surface area contributed by atoms with Crippen LogP contribution in [0.2, 0.25) is 0 Å². The van der Waals surface area contributed by atoms with Crippen molar-refractivity contribution in [3.8, 4) is 5.75 Å². The van der Waals surface area contributed by atoms with E-state index in [9.17, 15) is 0 Å². The van der Waals surface area contributed by atoms with Gasteiger partial charge in [0.15, 0.2) is 0 Å². The molecule has 0 saturated heterocycles. The molecule has 0 atom stereocenters. The molecule has 0 saturated carbocycles. The standard InChI is InChI=1S/C15H26N2O/c1-15(2,3)11-16-13-9-12(10-17(4)5)7-8-14(13)18-6/h7-9,16H,10-11H2,1-6H3. The van der Waals surface area contributed by atoms with Gasteiger partial charge in [0.1, 0.15) is 5.75 Å². The molecule has 0 aliphatic rings. The summed E-state index contributed by atoms with van der Waals surface area (Å²) in [5.41, 5.74) is 2.62. The molecular weight excluding hydrogens is 224 g/mol. The lowest BCUT2D eigenvalue weighted by molar-refractivity contribution is 0.399. The Morgan fingerprint density at radius 3 is 2.39 bits per heavy atom. The summed E-state index contributed by atoms with van der Waals surface area (Å²) in [5, 5.41) is 3.47. The Hall–Kier alpha value is -1.22. The Labute approximate surface area is 111 Å². The van der Waals surface area contributed by atoms with Gasteiger partial charge in [-0.25, -0.2) is 0 Å². The van der Waals surface area contributed by atoms with Crippen molar-refractivity contribution in [1.29, 1.82) is 0 Å². The largest absolute Gasteiger partial charge is 0.495 e. The molecule has 0 bridgehead atoms. The number of anilines is 1. The molecule has 3 heteroatoms. The fourth-order valence-corrected chi connectivity index (χ4v) is 1.72. The number of nitrogens with zero attached hydrogens (tertiary/aromatic N) is 1. The maximum absolute atomic E-state index is 5.39. The van der Waals surface area contributed by atoms with E-state index in [-0.39, 0.29) is 5.41 Å². The molecule has 1 aromatic carbocycles. The second-order valence-corrected chi connectivity index (χ2v) is 6.19. The topological polar surface area (TPSA) is 24.5 Å². The fourth-order valence-electron chi connectivity index (χ4n) is 1.72. The van der Waals surface area contributed by atoms with Gasteiger partial charge < -0.3 is 15.0 Å². The van der Waals surface area contributed by atoms with Gasteiger partial charge in [0, 0.05) is 13.1 Å². The summed E-state index contributed by atoms with van der Waals surface area (Å²) in [6.45, 7) is 8.52. The normalized spacial score (nSPS) is 11.7. The van der Waals surface area contributed by atoms with Crippen LogP contribution in [0.15, 0.2) is 18.2 Å². The lowest BCUT2D eigenvalue weighted by Crippen LogP contribution is -2.19. The number of benzene rings is 1. The average Bonchev–Trinajstić information content (AvgIpc) is 2.25. The number of hydrogen-bond donors (Lipinski definition) is 1. The maximum atomic E-state index is 5.39. The van der Waals surface area contributed by atoms with Crippen LogP contribution in [0.5, 0.6) is 5.75 Å². The number of rotatable bonds is 5. The summed E-state index contributed by atoms with van der Waals surface area (Å²) < 4.78 is 5.39. The summed E-state index contributed by atoms with van der Waals surface area (Å²) in [6.07, 6.45) is 0. The van der Waals surface area contributed by atoms with Crippen LogP contribution < -0.4 is 10.1 Å². The molecule has 1 N–H and O–H groups in total. The van der Waals surface area contributed by atoms with E-state index < -0.39 is 0 Å². The Balaban J connectivity index is 2.85. The molecule has 0 spiro atoms. The molecule has 3 nitrogen and oxygen atoms in total. The van der Waals surface area contributed by atoms with Crippen molar-refractivity contribution >= 4 is 5.69 Å².